The number of aryl methyl sites for hydroxylation is 2. The summed E-state index contributed by atoms with van der Waals surface area (Å²) >= 11 is 0. The molecule has 1 amide bonds. The number of ether oxygens (including phenoxy) is 1. The molecule has 0 aliphatic rings. The largest absolute Gasteiger partial charge is 0.484 e. The summed E-state index contributed by atoms with van der Waals surface area (Å²) in [4.78, 5) is 12.2. The Morgan fingerprint density at radius 3 is 2.37 bits per heavy atom. The van der Waals surface area contributed by atoms with Crippen molar-refractivity contribution in [3.8, 4) is 5.75 Å². The zero-order chi connectivity index (χ0) is 20.2. The van der Waals surface area contributed by atoms with Gasteiger partial charge in [0.15, 0.2) is 6.61 Å². The number of rotatable bonds is 7. The molecule has 1 atom stereocenters. The number of sulfonamides is 1. The third-order valence-electron chi connectivity index (χ3n) is 4.35. The third kappa shape index (κ3) is 5.72. The predicted molar refractivity (Wildman–Crippen MR) is 108 cm³/mol. The van der Waals surface area contributed by atoms with Crippen LogP contribution in [0.3, 0.4) is 0 Å². The van der Waals surface area contributed by atoms with Gasteiger partial charge >= 0.3 is 0 Å². The fourth-order valence-corrected chi connectivity index (χ4v) is 3.18. The predicted octanol–water partition coefficient (Wildman–Crippen LogP) is 2.96. The van der Waals surface area contributed by atoms with Crippen molar-refractivity contribution in [2.45, 2.75) is 26.8 Å². The highest BCUT2D eigenvalue weighted by Gasteiger charge is 2.14. The Morgan fingerprint density at radius 1 is 1.15 bits per heavy atom. The summed E-state index contributed by atoms with van der Waals surface area (Å²) in [5, 5.41) is 2.93. The highest BCUT2D eigenvalue weighted by atomic mass is 32.2. The Morgan fingerprint density at radius 2 is 1.78 bits per heavy atom. The van der Waals surface area contributed by atoms with Gasteiger partial charge < -0.3 is 10.1 Å². The topological polar surface area (TPSA) is 75.7 Å². The molecule has 0 spiro atoms. The Balaban J connectivity index is 1.92. The first kappa shape index (κ1) is 20.8. The van der Waals surface area contributed by atoms with Gasteiger partial charge in [-0.15, -0.1) is 0 Å². The van der Waals surface area contributed by atoms with Crippen molar-refractivity contribution in [2.24, 2.45) is 0 Å². The van der Waals surface area contributed by atoms with Crippen LogP contribution in [0.1, 0.15) is 29.7 Å². The fraction of sp³-hybridized carbons (Fsp3) is 0.350. The summed E-state index contributed by atoms with van der Waals surface area (Å²) in [5.41, 5.74) is 3.88. The van der Waals surface area contributed by atoms with E-state index in [0.29, 0.717) is 11.4 Å². The molecule has 1 N–H and O–H groups in total. The molecule has 0 fully saturated rings. The van der Waals surface area contributed by atoms with Gasteiger partial charge in [0.2, 0.25) is 10.0 Å². The van der Waals surface area contributed by atoms with Gasteiger partial charge in [-0.25, -0.2) is 8.42 Å². The second-order valence-electron chi connectivity index (χ2n) is 6.66. The molecule has 1 unspecified atom stereocenters. The van der Waals surface area contributed by atoms with Crippen LogP contribution in [0, 0.1) is 13.8 Å². The minimum absolute atomic E-state index is 0.115. The normalized spacial score (nSPS) is 12.3. The van der Waals surface area contributed by atoms with Crippen LogP contribution in [-0.2, 0) is 14.8 Å². The molecule has 27 heavy (non-hydrogen) atoms. The summed E-state index contributed by atoms with van der Waals surface area (Å²) < 4.78 is 29.8. The number of carbonyl (C=O) groups excluding carboxylic acids is 1. The summed E-state index contributed by atoms with van der Waals surface area (Å²) in [7, 11) is -1.83. The van der Waals surface area contributed by atoms with Crippen molar-refractivity contribution in [1.29, 1.82) is 0 Å². The molecule has 0 aliphatic carbocycles. The number of hydrogen-bond acceptors (Lipinski definition) is 4. The number of benzene rings is 2. The molecule has 0 aliphatic heterocycles. The molecular formula is C20H26N2O4S. The van der Waals surface area contributed by atoms with E-state index >= 15 is 0 Å². The molecule has 6 nitrogen and oxygen atoms in total. The highest BCUT2D eigenvalue weighted by Crippen LogP contribution is 2.21. The maximum atomic E-state index is 12.2. The number of amides is 1. The van der Waals surface area contributed by atoms with Crippen molar-refractivity contribution in [1.82, 2.24) is 5.32 Å². The van der Waals surface area contributed by atoms with Crippen molar-refractivity contribution < 1.29 is 17.9 Å². The molecular weight excluding hydrogens is 364 g/mol. The molecule has 0 radical (unpaired) electrons. The highest BCUT2D eigenvalue weighted by molar-refractivity contribution is 7.92. The molecule has 2 aromatic rings. The average molecular weight is 391 g/mol. The van der Waals surface area contributed by atoms with E-state index in [1.807, 2.05) is 32.9 Å². The van der Waals surface area contributed by atoms with E-state index in [-0.39, 0.29) is 18.6 Å². The first-order valence-electron chi connectivity index (χ1n) is 8.61. The number of hydrogen-bond donors (Lipinski definition) is 1. The number of carbonyl (C=O) groups is 1. The van der Waals surface area contributed by atoms with Crippen LogP contribution < -0.4 is 14.4 Å². The smallest absolute Gasteiger partial charge is 0.258 e. The zero-order valence-corrected chi connectivity index (χ0v) is 17.1. The van der Waals surface area contributed by atoms with Gasteiger partial charge in [-0.2, -0.15) is 0 Å². The van der Waals surface area contributed by atoms with E-state index in [2.05, 4.69) is 11.4 Å². The minimum Gasteiger partial charge on any atom is -0.484 e. The Hall–Kier alpha value is -2.54. The first-order valence-corrected chi connectivity index (χ1v) is 10.5. The van der Waals surface area contributed by atoms with Crippen molar-refractivity contribution in [2.75, 3.05) is 24.2 Å². The molecule has 146 valence electrons. The fourth-order valence-electron chi connectivity index (χ4n) is 2.68. The lowest BCUT2D eigenvalue weighted by Gasteiger charge is -2.18. The molecule has 0 saturated carbocycles. The lowest BCUT2D eigenvalue weighted by Crippen LogP contribution is -2.31. The number of anilines is 1. The van der Waals surface area contributed by atoms with Gasteiger partial charge in [-0.3, -0.25) is 9.10 Å². The van der Waals surface area contributed by atoms with Crippen molar-refractivity contribution >= 4 is 21.6 Å². The minimum atomic E-state index is -3.31. The Kier molecular flexibility index (Phi) is 6.49. The standard InChI is InChI=1S/C20H26N2O4S/c1-14-6-7-15(2)19(12-14)16(3)21-20(23)13-26-18-10-8-17(9-11-18)22(4)27(5,24)25/h6-12,16H,13H2,1-5H3,(H,21,23). The van der Waals surface area contributed by atoms with Crippen LogP contribution in [0.5, 0.6) is 5.75 Å². The summed E-state index contributed by atoms with van der Waals surface area (Å²) in [6, 6.07) is 12.6. The van der Waals surface area contributed by atoms with E-state index in [4.69, 9.17) is 4.74 Å². The van der Waals surface area contributed by atoms with Crippen molar-refractivity contribution in [3.05, 3.63) is 59.2 Å². The van der Waals surface area contributed by atoms with Gasteiger partial charge in [0, 0.05) is 7.05 Å². The molecule has 2 rings (SSSR count). The summed E-state index contributed by atoms with van der Waals surface area (Å²) in [5.74, 6) is 0.274. The molecule has 0 aromatic heterocycles. The number of nitrogens with zero attached hydrogens (tertiary/aromatic N) is 1. The van der Waals surface area contributed by atoms with Crippen molar-refractivity contribution in [3.63, 3.8) is 0 Å². The second kappa shape index (κ2) is 8.43. The lowest BCUT2D eigenvalue weighted by atomic mass is 10.00. The second-order valence-corrected chi connectivity index (χ2v) is 8.68. The average Bonchev–Trinajstić information content (AvgIpc) is 2.61. The van der Waals surface area contributed by atoms with E-state index in [1.165, 1.54) is 11.4 Å². The molecule has 7 heteroatoms. The SMILES string of the molecule is Cc1ccc(C)c(C(C)NC(=O)COc2ccc(N(C)S(C)(=O)=O)cc2)c1. The summed E-state index contributed by atoms with van der Waals surface area (Å²) in [6.07, 6.45) is 1.14. The van der Waals surface area contributed by atoms with Crippen LogP contribution in [0.2, 0.25) is 0 Å². The van der Waals surface area contributed by atoms with E-state index < -0.39 is 10.0 Å². The van der Waals surface area contributed by atoms with E-state index in [1.54, 1.807) is 24.3 Å². The van der Waals surface area contributed by atoms with E-state index in [9.17, 15) is 13.2 Å². The van der Waals surface area contributed by atoms with E-state index in [0.717, 1.165) is 22.9 Å². The third-order valence-corrected chi connectivity index (χ3v) is 5.55. The molecule has 0 saturated heterocycles. The molecule has 0 bridgehead atoms. The summed E-state index contributed by atoms with van der Waals surface area (Å²) in [6.45, 7) is 5.86. The molecule has 0 heterocycles. The first-order chi connectivity index (χ1) is 12.6. The van der Waals surface area contributed by atoms with Gasteiger partial charge in [0.1, 0.15) is 5.75 Å². The van der Waals surface area contributed by atoms with Gasteiger partial charge in [0.25, 0.3) is 5.91 Å². The van der Waals surface area contributed by atoms with Gasteiger partial charge in [-0.05, 0) is 56.2 Å². The Bertz CT molecular complexity index is 908. The van der Waals surface area contributed by atoms with Crippen LogP contribution >= 0.6 is 0 Å². The quantitative estimate of drug-likeness (QED) is 0.789. The van der Waals surface area contributed by atoms with Gasteiger partial charge in [-0.1, -0.05) is 23.8 Å². The monoisotopic (exact) mass is 390 g/mol. The molecule has 2 aromatic carbocycles. The van der Waals surface area contributed by atoms with Crippen LogP contribution in [0.25, 0.3) is 0 Å². The van der Waals surface area contributed by atoms with Crippen LogP contribution in [0.4, 0.5) is 5.69 Å². The maximum Gasteiger partial charge on any atom is 0.258 e. The van der Waals surface area contributed by atoms with Gasteiger partial charge in [0.05, 0.1) is 18.0 Å². The van der Waals surface area contributed by atoms with Crippen LogP contribution in [-0.4, -0.2) is 34.2 Å². The van der Waals surface area contributed by atoms with Crippen LogP contribution in [0.15, 0.2) is 42.5 Å². The zero-order valence-electron chi connectivity index (χ0n) is 16.3. The maximum absolute atomic E-state index is 12.2. The lowest BCUT2D eigenvalue weighted by molar-refractivity contribution is -0.123. The number of nitrogens with one attached hydrogen (secondary N) is 1. The Labute approximate surface area is 161 Å².